The number of hydrogen-bond donors (Lipinski definition) is 0. The number of carbonyl (C=O) groups excluding carboxylic acids is 1. The van der Waals surface area contributed by atoms with Crippen LogP contribution in [0.5, 0.6) is 23.0 Å². The van der Waals surface area contributed by atoms with Gasteiger partial charge in [-0.1, -0.05) is 17.7 Å². The molecule has 1 aromatic heterocycles. The van der Waals surface area contributed by atoms with E-state index in [0.29, 0.717) is 33.8 Å². The lowest BCUT2D eigenvalue weighted by Crippen LogP contribution is -2.40. The highest BCUT2D eigenvalue weighted by Gasteiger charge is 2.26. The van der Waals surface area contributed by atoms with Gasteiger partial charge in [0, 0.05) is 11.2 Å². The molecule has 2 aromatic carbocycles. The van der Waals surface area contributed by atoms with E-state index < -0.39 is 6.10 Å². The van der Waals surface area contributed by atoms with Crippen LogP contribution in [0.3, 0.4) is 0 Å². The molecule has 1 amide bonds. The molecule has 0 saturated heterocycles. The fourth-order valence-corrected chi connectivity index (χ4v) is 3.75. The highest BCUT2D eigenvalue weighted by atomic mass is 35.5. The van der Waals surface area contributed by atoms with Crippen LogP contribution in [0, 0.1) is 13.8 Å². The third-order valence-electron chi connectivity index (χ3n) is 5.33. The molecule has 3 rings (SSSR count). The monoisotopic (exact) mass is 484 g/mol. The van der Waals surface area contributed by atoms with Crippen LogP contribution >= 0.6 is 11.6 Å². The van der Waals surface area contributed by atoms with E-state index in [0.717, 1.165) is 16.7 Å². The summed E-state index contributed by atoms with van der Waals surface area (Å²) in [5, 5.41) is 0.684. The van der Waals surface area contributed by atoms with E-state index in [1.807, 2.05) is 44.2 Å². The minimum absolute atomic E-state index is 0.221. The SMILES string of the molecule is COc1cc(CN(C(=O)C(C)Oc2cc(C)c(Cl)c(C)c2)c2ccccn2)cc(OC)c1OC. The summed E-state index contributed by atoms with van der Waals surface area (Å²) in [6.45, 7) is 5.74. The van der Waals surface area contributed by atoms with Crippen molar-refractivity contribution in [2.24, 2.45) is 0 Å². The maximum absolute atomic E-state index is 13.6. The summed E-state index contributed by atoms with van der Waals surface area (Å²) in [7, 11) is 4.65. The average molecular weight is 485 g/mol. The number of rotatable bonds is 9. The van der Waals surface area contributed by atoms with E-state index >= 15 is 0 Å². The first kappa shape index (κ1) is 25.2. The Hall–Kier alpha value is -3.45. The van der Waals surface area contributed by atoms with Crippen LogP contribution in [0.1, 0.15) is 23.6 Å². The summed E-state index contributed by atoms with van der Waals surface area (Å²) in [4.78, 5) is 19.5. The Kier molecular flexibility index (Phi) is 8.23. The van der Waals surface area contributed by atoms with E-state index in [-0.39, 0.29) is 12.5 Å². The van der Waals surface area contributed by atoms with Crippen molar-refractivity contribution in [2.45, 2.75) is 33.4 Å². The largest absolute Gasteiger partial charge is 0.493 e. The summed E-state index contributed by atoms with van der Waals surface area (Å²) >= 11 is 6.27. The molecule has 3 aromatic rings. The molecule has 0 aliphatic heterocycles. The van der Waals surface area contributed by atoms with E-state index in [2.05, 4.69) is 4.98 Å². The summed E-state index contributed by atoms with van der Waals surface area (Å²) in [5.41, 5.74) is 2.55. The molecule has 0 aliphatic rings. The van der Waals surface area contributed by atoms with Crippen LogP contribution in [-0.4, -0.2) is 38.3 Å². The van der Waals surface area contributed by atoms with Gasteiger partial charge < -0.3 is 18.9 Å². The molecule has 1 heterocycles. The van der Waals surface area contributed by atoms with Crippen molar-refractivity contribution in [3.63, 3.8) is 0 Å². The number of benzene rings is 2. The Morgan fingerprint density at radius 3 is 2.12 bits per heavy atom. The standard InChI is InChI=1S/C26H29ClN2O5/c1-16-11-20(12-17(2)24(16)27)34-18(3)26(30)29(23-9-7-8-10-28-23)15-19-13-21(31-4)25(33-6)22(14-19)32-5/h7-14,18H,15H2,1-6H3. The van der Waals surface area contributed by atoms with Crippen molar-refractivity contribution in [1.29, 1.82) is 0 Å². The van der Waals surface area contributed by atoms with Gasteiger partial charge in [-0.15, -0.1) is 0 Å². The van der Waals surface area contributed by atoms with Crippen LogP contribution < -0.4 is 23.8 Å². The van der Waals surface area contributed by atoms with E-state index in [9.17, 15) is 4.79 Å². The Labute approximate surface area is 205 Å². The first-order chi connectivity index (χ1) is 16.3. The predicted molar refractivity (Wildman–Crippen MR) is 133 cm³/mol. The summed E-state index contributed by atoms with van der Waals surface area (Å²) in [5.74, 6) is 2.31. The number of aromatic nitrogens is 1. The summed E-state index contributed by atoms with van der Waals surface area (Å²) < 4.78 is 22.4. The topological polar surface area (TPSA) is 70.1 Å². The van der Waals surface area contributed by atoms with Crippen molar-refractivity contribution in [3.8, 4) is 23.0 Å². The zero-order chi connectivity index (χ0) is 24.8. The normalized spacial score (nSPS) is 11.5. The predicted octanol–water partition coefficient (Wildman–Crippen LogP) is 5.38. The summed E-state index contributed by atoms with van der Waals surface area (Å²) in [6.07, 6.45) is 0.867. The number of aryl methyl sites for hydroxylation is 2. The van der Waals surface area contributed by atoms with Crippen LogP contribution in [-0.2, 0) is 11.3 Å². The molecule has 0 bridgehead atoms. The van der Waals surface area contributed by atoms with Crippen molar-refractivity contribution in [1.82, 2.24) is 4.98 Å². The zero-order valence-corrected chi connectivity index (χ0v) is 21.0. The van der Waals surface area contributed by atoms with Crippen LogP contribution in [0.25, 0.3) is 0 Å². The number of carbonyl (C=O) groups is 1. The van der Waals surface area contributed by atoms with Gasteiger partial charge in [0.15, 0.2) is 17.6 Å². The third-order valence-corrected chi connectivity index (χ3v) is 5.92. The minimum atomic E-state index is -0.774. The average Bonchev–Trinajstić information content (AvgIpc) is 2.85. The maximum atomic E-state index is 13.6. The van der Waals surface area contributed by atoms with E-state index in [4.69, 9.17) is 30.5 Å². The molecule has 1 unspecified atom stereocenters. The van der Waals surface area contributed by atoms with Gasteiger partial charge in [0.05, 0.1) is 27.9 Å². The fraction of sp³-hybridized carbons (Fsp3) is 0.308. The van der Waals surface area contributed by atoms with E-state index in [1.165, 1.54) is 0 Å². The maximum Gasteiger partial charge on any atom is 0.269 e. The molecule has 0 N–H and O–H groups in total. The van der Waals surface area contributed by atoms with Crippen molar-refractivity contribution in [3.05, 3.63) is 70.4 Å². The van der Waals surface area contributed by atoms with Crippen molar-refractivity contribution < 1.29 is 23.7 Å². The first-order valence-electron chi connectivity index (χ1n) is 10.7. The molecular formula is C26H29ClN2O5. The smallest absolute Gasteiger partial charge is 0.269 e. The summed E-state index contributed by atoms with van der Waals surface area (Å²) in [6, 6.07) is 12.7. The molecule has 180 valence electrons. The van der Waals surface area contributed by atoms with Gasteiger partial charge >= 0.3 is 0 Å². The van der Waals surface area contributed by atoms with Crippen molar-refractivity contribution in [2.75, 3.05) is 26.2 Å². The molecule has 0 aliphatic carbocycles. The third kappa shape index (κ3) is 5.54. The second kappa shape index (κ2) is 11.1. The van der Waals surface area contributed by atoms with Crippen LogP contribution in [0.15, 0.2) is 48.7 Å². The number of anilines is 1. The van der Waals surface area contributed by atoms with Crippen molar-refractivity contribution >= 4 is 23.3 Å². The molecule has 0 fully saturated rings. The molecule has 0 spiro atoms. The fourth-order valence-electron chi connectivity index (χ4n) is 3.64. The number of halogens is 1. The lowest BCUT2D eigenvalue weighted by atomic mass is 10.1. The minimum Gasteiger partial charge on any atom is -0.493 e. The highest BCUT2D eigenvalue weighted by Crippen LogP contribution is 2.38. The lowest BCUT2D eigenvalue weighted by molar-refractivity contribution is -0.124. The number of pyridine rings is 1. The Balaban J connectivity index is 1.94. The van der Waals surface area contributed by atoms with Gasteiger partial charge in [0.25, 0.3) is 5.91 Å². The lowest BCUT2D eigenvalue weighted by Gasteiger charge is -2.26. The first-order valence-corrected chi connectivity index (χ1v) is 11.1. The Morgan fingerprint density at radius 2 is 1.62 bits per heavy atom. The number of nitrogens with zero attached hydrogens (tertiary/aromatic N) is 2. The Morgan fingerprint density at radius 1 is 1.00 bits per heavy atom. The van der Waals surface area contributed by atoms with Gasteiger partial charge in [-0.05, 0) is 73.9 Å². The Bertz CT molecular complexity index is 1110. The van der Waals surface area contributed by atoms with E-state index in [1.54, 1.807) is 51.5 Å². The van der Waals surface area contributed by atoms with Gasteiger partial charge in [-0.3, -0.25) is 9.69 Å². The number of hydrogen-bond acceptors (Lipinski definition) is 6. The molecule has 34 heavy (non-hydrogen) atoms. The number of amides is 1. The van der Waals surface area contributed by atoms with Gasteiger partial charge in [-0.25, -0.2) is 4.98 Å². The molecule has 7 nitrogen and oxygen atoms in total. The second-order valence-corrected chi connectivity index (χ2v) is 8.16. The second-order valence-electron chi connectivity index (χ2n) is 7.78. The van der Waals surface area contributed by atoms with Gasteiger partial charge in [-0.2, -0.15) is 0 Å². The molecule has 1 atom stereocenters. The van der Waals surface area contributed by atoms with Gasteiger partial charge in [0.1, 0.15) is 11.6 Å². The zero-order valence-electron chi connectivity index (χ0n) is 20.2. The molecule has 0 radical (unpaired) electrons. The van der Waals surface area contributed by atoms with Crippen LogP contribution in [0.4, 0.5) is 5.82 Å². The number of methoxy groups -OCH3 is 3. The molecule has 8 heteroatoms. The highest BCUT2D eigenvalue weighted by molar-refractivity contribution is 6.32. The number of ether oxygens (including phenoxy) is 4. The quantitative estimate of drug-likeness (QED) is 0.406. The molecular weight excluding hydrogens is 456 g/mol. The van der Waals surface area contributed by atoms with Gasteiger partial charge in [0.2, 0.25) is 5.75 Å². The van der Waals surface area contributed by atoms with Crippen LogP contribution in [0.2, 0.25) is 5.02 Å². The molecule has 0 saturated carbocycles.